The van der Waals surface area contributed by atoms with Gasteiger partial charge in [-0.05, 0) is 48.6 Å². The van der Waals surface area contributed by atoms with Gasteiger partial charge in [0.1, 0.15) is 0 Å². The number of para-hydroxylation sites is 1. The molecule has 0 saturated heterocycles. The van der Waals surface area contributed by atoms with Crippen LogP contribution in [-0.2, 0) is 11.2 Å². The fourth-order valence-electron chi connectivity index (χ4n) is 3.00. The van der Waals surface area contributed by atoms with Crippen molar-refractivity contribution in [2.75, 3.05) is 12.3 Å². The molecule has 2 aromatic carbocycles. The Morgan fingerprint density at radius 2 is 1.86 bits per heavy atom. The predicted octanol–water partition coefficient (Wildman–Crippen LogP) is 4.20. The Balaban J connectivity index is 1.92. The SMILES string of the molecule is CCc1ccc(-n2c(SCC(=O)NCCC(C)C)nc3ccccc3c2=O)cc1. The van der Waals surface area contributed by atoms with Crippen LogP contribution in [0.1, 0.15) is 32.8 Å². The second kappa shape index (κ2) is 9.74. The van der Waals surface area contributed by atoms with Gasteiger partial charge in [-0.3, -0.25) is 14.2 Å². The van der Waals surface area contributed by atoms with Gasteiger partial charge in [0, 0.05) is 6.54 Å². The largest absolute Gasteiger partial charge is 0.355 e. The molecule has 0 aliphatic heterocycles. The number of nitrogens with zero attached hydrogens (tertiary/aromatic N) is 2. The maximum Gasteiger partial charge on any atom is 0.266 e. The van der Waals surface area contributed by atoms with Gasteiger partial charge in [-0.25, -0.2) is 4.98 Å². The summed E-state index contributed by atoms with van der Waals surface area (Å²) in [6.45, 7) is 7.01. The van der Waals surface area contributed by atoms with Crippen LogP contribution in [0.15, 0.2) is 58.5 Å². The van der Waals surface area contributed by atoms with Crippen LogP contribution in [-0.4, -0.2) is 27.8 Å². The fourth-order valence-corrected chi connectivity index (χ4v) is 3.84. The Morgan fingerprint density at radius 1 is 1.14 bits per heavy atom. The highest BCUT2D eigenvalue weighted by molar-refractivity contribution is 7.99. The molecule has 0 aliphatic rings. The molecule has 0 saturated carbocycles. The molecule has 3 aromatic rings. The molecule has 3 rings (SSSR count). The van der Waals surface area contributed by atoms with E-state index in [0.717, 1.165) is 18.5 Å². The Bertz CT molecular complexity index is 1040. The van der Waals surface area contributed by atoms with Crippen molar-refractivity contribution in [1.82, 2.24) is 14.9 Å². The van der Waals surface area contributed by atoms with Crippen LogP contribution in [0.4, 0.5) is 0 Å². The summed E-state index contributed by atoms with van der Waals surface area (Å²) < 4.78 is 1.60. The van der Waals surface area contributed by atoms with Gasteiger partial charge in [-0.2, -0.15) is 0 Å². The van der Waals surface area contributed by atoms with Gasteiger partial charge < -0.3 is 5.32 Å². The number of thioether (sulfide) groups is 1. The number of hydrogen-bond acceptors (Lipinski definition) is 4. The third-order valence-electron chi connectivity index (χ3n) is 4.72. The lowest BCUT2D eigenvalue weighted by Gasteiger charge is -2.14. The van der Waals surface area contributed by atoms with Crippen molar-refractivity contribution in [2.24, 2.45) is 5.92 Å². The van der Waals surface area contributed by atoms with Crippen LogP contribution in [0.5, 0.6) is 0 Å². The summed E-state index contributed by atoms with van der Waals surface area (Å²) in [5.41, 5.74) is 2.48. The fraction of sp³-hybridized carbons (Fsp3) is 0.348. The molecule has 0 atom stereocenters. The maximum absolute atomic E-state index is 13.2. The lowest BCUT2D eigenvalue weighted by Crippen LogP contribution is -2.28. The van der Waals surface area contributed by atoms with Gasteiger partial charge in [0.15, 0.2) is 5.16 Å². The molecule has 6 heteroatoms. The highest BCUT2D eigenvalue weighted by atomic mass is 32.2. The van der Waals surface area contributed by atoms with Crippen molar-refractivity contribution in [3.63, 3.8) is 0 Å². The zero-order valence-corrected chi connectivity index (χ0v) is 18.0. The molecule has 0 fully saturated rings. The molecule has 0 radical (unpaired) electrons. The molecule has 1 amide bonds. The summed E-state index contributed by atoms with van der Waals surface area (Å²) in [7, 11) is 0. The molecule has 0 spiro atoms. The first kappa shape index (κ1) is 21.1. The lowest BCUT2D eigenvalue weighted by molar-refractivity contribution is -0.118. The smallest absolute Gasteiger partial charge is 0.266 e. The Kier molecular flexibility index (Phi) is 7.09. The number of aryl methyl sites for hydroxylation is 1. The highest BCUT2D eigenvalue weighted by Gasteiger charge is 2.14. The number of carbonyl (C=O) groups excluding carboxylic acids is 1. The molecule has 29 heavy (non-hydrogen) atoms. The number of carbonyl (C=O) groups is 1. The molecule has 152 valence electrons. The minimum absolute atomic E-state index is 0.0501. The zero-order chi connectivity index (χ0) is 20.8. The van der Waals surface area contributed by atoms with Crippen LogP contribution >= 0.6 is 11.8 Å². The van der Waals surface area contributed by atoms with Gasteiger partial charge in [0.25, 0.3) is 5.56 Å². The minimum atomic E-state index is -0.123. The standard InChI is InChI=1S/C23H27N3O2S/c1-4-17-9-11-18(12-10-17)26-22(28)19-7-5-6-8-20(19)25-23(26)29-15-21(27)24-14-13-16(2)3/h5-12,16H,4,13-15H2,1-3H3,(H,24,27). The van der Waals surface area contributed by atoms with Gasteiger partial charge in [0.05, 0.1) is 22.3 Å². The van der Waals surface area contributed by atoms with Gasteiger partial charge in [-0.1, -0.05) is 56.8 Å². The van der Waals surface area contributed by atoms with E-state index in [1.165, 1.54) is 17.3 Å². The Morgan fingerprint density at radius 3 is 2.55 bits per heavy atom. The quantitative estimate of drug-likeness (QED) is 0.447. The number of nitrogens with one attached hydrogen (secondary N) is 1. The van der Waals surface area contributed by atoms with Crippen LogP contribution in [0.3, 0.4) is 0 Å². The predicted molar refractivity (Wildman–Crippen MR) is 120 cm³/mol. The third-order valence-corrected chi connectivity index (χ3v) is 5.66. The number of aromatic nitrogens is 2. The Hall–Kier alpha value is -2.60. The van der Waals surface area contributed by atoms with E-state index in [4.69, 9.17) is 0 Å². The number of rotatable bonds is 8. The van der Waals surface area contributed by atoms with E-state index in [-0.39, 0.29) is 17.2 Å². The first-order chi connectivity index (χ1) is 14.0. The number of benzene rings is 2. The van der Waals surface area contributed by atoms with E-state index in [0.29, 0.717) is 28.5 Å². The van der Waals surface area contributed by atoms with E-state index >= 15 is 0 Å². The van der Waals surface area contributed by atoms with Crippen molar-refractivity contribution in [3.8, 4) is 5.69 Å². The van der Waals surface area contributed by atoms with Gasteiger partial charge in [0.2, 0.25) is 5.91 Å². The number of hydrogen-bond donors (Lipinski definition) is 1. The minimum Gasteiger partial charge on any atom is -0.355 e. The van der Waals surface area contributed by atoms with Crippen molar-refractivity contribution >= 4 is 28.6 Å². The molecular weight excluding hydrogens is 382 g/mol. The monoisotopic (exact) mass is 409 g/mol. The Labute approximate surface area is 175 Å². The van der Waals surface area contributed by atoms with E-state index in [9.17, 15) is 9.59 Å². The van der Waals surface area contributed by atoms with Gasteiger partial charge >= 0.3 is 0 Å². The van der Waals surface area contributed by atoms with Crippen LogP contribution in [0.2, 0.25) is 0 Å². The summed E-state index contributed by atoms with van der Waals surface area (Å²) in [4.78, 5) is 30.1. The topological polar surface area (TPSA) is 64.0 Å². The lowest BCUT2D eigenvalue weighted by atomic mass is 10.1. The van der Waals surface area contributed by atoms with Crippen LogP contribution < -0.4 is 10.9 Å². The van der Waals surface area contributed by atoms with E-state index < -0.39 is 0 Å². The first-order valence-electron chi connectivity index (χ1n) is 10.00. The summed E-state index contributed by atoms with van der Waals surface area (Å²) in [5.74, 6) is 0.711. The molecule has 0 aliphatic carbocycles. The number of fused-ring (bicyclic) bond motifs is 1. The number of amides is 1. The van der Waals surface area contributed by atoms with E-state index in [1.807, 2.05) is 42.5 Å². The zero-order valence-electron chi connectivity index (χ0n) is 17.1. The average Bonchev–Trinajstić information content (AvgIpc) is 2.72. The van der Waals surface area contributed by atoms with Crippen LogP contribution in [0, 0.1) is 5.92 Å². The molecule has 0 unspecified atom stereocenters. The molecule has 5 nitrogen and oxygen atoms in total. The first-order valence-corrected chi connectivity index (χ1v) is 11.0. The summed E-state index contributed by atoms with van der Waals surface area (Å²) in [6.07, 6.45) is 1.88. The summed E-state index contributed by atoms with van der Waals surface area (Å²) >= 11 is 1.29. The molecule has 1 aromatic heterocycles. The second-order valence-corrected chi connectivity index (χ2v) is 8.34. The van der Waals surface area contributed by atoms with E-state index in [2.05, 4.69) is 31.1 Å². The van der Waals surface area contributed by atoms with Crippen molar-refractivity contribution in [1.29, 1.82) is 0 Å². The molecular formula is C23H27N3O2S. The molecule has 1 heterocycles. The maximum atomic E-state index is 13.2. The average molecular weight is 410 g/mol. The van der Waals surface area contributed by atoms with Crippen molar-refractivity contribution in [2.45, 2.75) is 38.8 Å². The van der Waals surface area contributed by atoms with Crippen molar-refractivity contribution < 1.29 is 4.79 Å². The summed E-state index contributed by atoms with van der Waals surface area (Å²) in [6, 6.07) is 15.2. The summed E-state index contributed by atoms with van der Waals surface area (Å²) in [5, 5.41) is 4.03. The highest BCUT2D eigenvalue weighted by Crippen LogP contribution is 2.21. The van der Waals surface area contributed by atoms with Crippen molar-refractivity contribution in [3.05, 3.63) is 64.4 Å². The second-order valence-electron chi connectivity index (χ2n) is 7.39. The normalized spacial score (nSPS) is 11.2. The van der Waals surface area contributed by atoms with E-state index in [1.54, 1.807) is 10.6 Å². The van der Waals surface area contributed by atoms with Gasteiger partial charge in [-0.15, -0.1) is 0 Å². The van der Waals surface area contributed by atoms with Crippen LogP contribution in [0.25, 0.3) is 16.6 Å². The molecule has 1 N–H and O–H groups in total. The molecule has 0 bridgehead atoms. The third kappa shape index (κ3) is 5.26.